The summed E-state index contributed by atoms with van der Waals surface area (Å²) in [5.74, 6) is 1.73. The summed E-state index contributed by atoms with van der Waals surface area (Å²) in [7, 11) is 1.86. The predicted molar refractivity (Wildman–Crippen MR) is 103 cm³/mol. The summed E-state index contributed by atoms with van der Waals surface area (Å²) < 4.78 is 0. The number of piperidine rings is 1. The summed E-state index contributed by atoms with van der Waals surface area (Å²) in [5.41, 5.74) is 1.41. The Balaban J connectivity index is 1.66. The standard InChI is InChI=1S/C20H34N4/c1-17(2)8-7-13-22-20(21-3)23-19-11-14-24(15-12-19)16-18-9-5-4-6-10-18/h4-6,9-10,17,19H,7-8,11-16H2,1-3H3,(H2,21,22,23). The van der Waals surface area contributed by atoms with Crippen molar-refractivity contribution in [1.82, 2.24) is 15.5 Å². The van der Waals surface area contributed by atoms with Gasteiger partial charge in [0.25, 0.3) is 0 Å². The van der Waals surface area contributed by atoms with E-state index < -0.39 is 0 Å². The lowest BCUT2D eigenvalue weighted by Gasteiger charge is -2.33. The van der Waals surface area contributed by atoms with Gasteiger partial charge in [0.1, 0.15) is 0 Å². The summed E-state index contributed by atoms with van der Waals surface area (Å²) in [6, 6.07) is 11.3. The molecule has 0 amide bonds. The molecule has 24 heavy (non-hydrogen) atoms. The van der Waals surface area contributed by atoms with Gasteiger partial charge in [0.05, 0.1) is 0 Å². The van der Waals surface area contributed by atoms with Crippen LogP contribution < -0.4 is 10.6 Å². The number of nitrogens with one attached hydrogen (secondary N) is 2. The van der Waals surface area contributed by atoms with Crippen LogP contribution in [0.15, 0.2) is 35.3 Å². The summed E-state index contributed by atoms with van der Waals surface area (Å²) >= 11 is 0. The first-order chi connectivity index (χ1) is 11.7. The Bertz CT molecular complexity index is 476. The molecular formula is C20H34N4. The number of rotatable bonds is 7. The zero-order valence-corrected chi connectivity index (χ0v) is 15.6. The second-order valence-electron chi connectivity index (χ2n) is 7.22. The van der Waals surface area contributed by atoms with Gasteiger partial charge in [0, 0.05) is 39.3 Å². The maximum Gasteiger partial charge on any atom is 0.191 e. The molecule has 2 rings (SSSR count). The molecule has 1 aromatic carbocycles. The van der Waals surface area contributed by atoms with E-state index in [0.29, 0.717) is 6.04 Å². The fourth-order valence-corrected chi connectivity index (χ4v) is 3.18. The molecule has 2 N–H and O–H groups in total. The van der Waals surface area contributed by atoms with Crippen molar-refractivity contribution in [2.75, 3.05) is 26.7 Å². The highest BCUT2D eigenvalue weighted by Gasteiger charge is 2.19. The van der Waals surface area contributed by atoms with Gasteiger partial charge in [-0.1, -0.05) is 44.2 Å². The van der Waals surface area contributed by atoms with E-state index in [1.807, 2.05) is 7.05 Å². The summed E-state index contributed by atoms with van der Waals surface area (Å²) in [6.45, 7) is 8.92. The van der Waals surface area contributed by atoms with Gasteiger partial charge in [-0.15, -0.1) is 0 Å². The van der Waals surface area contributed by atoms with E-state index >= 15 is 0 Å². The molecule has 1 aromatic rings. The van der Waals surface area contributed by atoms with Gasteiger partial charge in [0.15, 0.2) is 5.96 Å². The van der Waals surface area contributed by atoms with Crippen LogP contribution in [0.25, 0.3) is 0 Å². The molecule has 0 spiro atoms. The molecule has 0 saturated carbocycles. The quantitative estimate of drug-likeness (QED) is 0.458. The summed E-state index contributed by atoms with van der Waals surface area (Å²) in [6.07, 6.45) is 4.83. The van der Waals surface area contributed by atoms with E-state index in [0.717, 1.165) is 38.1 Å². The number of likely N-dealkylation sites (tertiary alicyclic amines) is 1. The minimum absolute atomic E-state index is 0.535. The molecule has 134 valence electrons. The van der Waals surface area contributed by atoms with Crippen molar-refractivity contribution in [3.05, 3.63) is 35.9 Å². The van der Waals surface area contributed by atoms with Crippen LogP contribution in [-0.4, -0.2) is 43.6 Å². The molecule has 0 atom stereocenters. The Kier molecular flexibility index (Phi) is 8.10. The molecule has 0 radical (unpaired) electrons. The Morgan fingerprint density at radius 2 is 1.92 bits per heavy atom. The van der Waals surface area contributed by atoms with Crippen LogP contribution in [0.5, 0.6) is 0 Å². The van der Waals surface area contributed by atoms with Crippen molar-refractivity contribution in [1.29, 1.82) is 0 Å². The highest BCUT2D eigenvalue weighted by Crippen LogP contribution is 2.13. The van der Waals surface area contributed by atoms with E-state index in [4.69, 9.17) is 0 Å². The first-order valence-electron chi connectivity index (χ1n) is 9.41. The second-order valence-corrected chi connectivity index (χ2v) is 7.22. The van der Waals surface area contributed by atoms with Crippen LogP contribution in [0, 0.1) is 5.92 Å². The third kappa shape index (κ3) is 6.91. The summed E-state index contributed by atoms with van der Waals surface area (Å²) in [5, 5.41) is 7.04. The largest absolute Gasteiger partial charge is 0.356 e. The summed E-state index contributed by atoms with van der Waals surface area (Å²) in [4.78, 5) is 6.91. The van der Waals surface area contributed by atoms with Gasteiger partial charge in [0.2, 0.25) is 0 Å². The molecule has 1 heterocycles. The molecule has 1 fully saturated rings. The predicted octanol–water partition coefficient (Wildman–Crippen LogP) is 3.25. The lowest BCUT2D eigenvalue weighted by atomic mass is 10.0. The minimum Gasteiger partial charge on any atom is -0.356 e. The number of hydrogen-bond acceptors (Lipinski definition) is 2. The van der Waals surface area contributed by atoms with Crippen molar-refractivity contribution in [2.24, 2.45) is 10.9 Å². The highest BCUT2D eigenvalue weighted by atomic mass is 15.2. The molecule has 0 bridgehead atoms. The van der Waals surface area contributed by atoms with Crippen molar-refractivity contribution >= 4 is 5.96 Å². The van der Waals surface area contributed by atoms with Crippen LogP contribution in [0.3, 0.4) is 0 Å². The fourth-order valence-electron chi connectivity index (χ4n) is 3.18. The number of guanidine groups is 1. The lowest BCUT2D eigenvalue weighted by Crippen LogP contribution is -2.48. The van der Waals surface area contributed by atoms with E-state index in [1.54, 1.807) is 0 Å². The van der Waals surface area contributed by atoms with Crippen molar-refractivity contribution in [2.45, 2.75) is 52.1 Å². The maximum atomic E-state index is 4.37. The van der Waals surface area contributed by atoms with E-state index in [1.165, 1.54) is 31.2 Å². The Morgan fingerprint density at radius 3 is 2.54 bits per heavy atom. The van der Waals surface area contributed by atoms with Gasteiger partial charge in [-0.3, -0.25) is 9.89 Å². The first kappa shape index (κ1) is 18.8. The van der Waals surface area contributed by atoms with Crippen LogP contribution >= 0.6 is 0 Å². The molecule has 1 saturated heterocycles. The lowest BCUT2D eigenvalue weighted by molar-refractivity contribution is 0.198. The van der Waals surface area contributed by atoms with Gasteiger partial charge in [-0.25, -0.2) is 0 Å². The molecular weight excluding hydrogens is 296 g/mol. The van der Waals surface area contributed by atoms with E-state index in [9.17, 15) is 0 Å². The first-order valence-corrected chi connectivity index (χ1v) is 9.41. The zero-order valence-electron chi connectivity index (χ0n) is 15.6. The molecule has 1 aliphatic rings. The van der Waals surface area contributed by atoms with Crippen LogP contribution in [0.1, 0.15) is 45.1 Å². The molecule has 0 aliphatic carbocycles. The third-order valence-corrected chi connectivity index (χ3v) is 4.65. The van der Waals surface area contributed by atoms with Gasteiger partial charge in [-0.05, 0) is 37.2 Å². The van der Waals surface area contributed by atoms with Gasteiger partial charge in [-0.2, -0.15) is 0 Å². The SMILES string of the molecule is CN=C(NCCCC(C)C)NC1CCN(Cc2ccccc2)CC1. The number of benzene rings is 1. The normalized spacial score (nSPS) is 17.2. The molecule has 4 nitrogen and oxygen atoms in total. The van der Waals surface area contributed by atoms with Gasteiger partial charge >= 0.3 is 0 Å². The minimum atomic E-state index is 0.535. The third-order valence-electron chi connectivity index (χ3n) is 4.65. The van der Waals surface area contributed by atoms with Gasteiger partial charge < -0.3 is 10.6 Å². The maximum absolute atomic E-state index is 4.37. The number of nitrogens with zero attached hydrogens (tertiary/aromatic N) is 2. The average Bonchev–Trinajstić information content (AvgIpc) is 2.60. The Labute approximate surface area is 147 Å². The Morgan fingerprint density at radius 1 is 1.21 bits per heavy atom. The number of hydrogen-bond donors (Lipinski definition) is 2. The molecule has 0 unspecified atom stereocenters. The molecule has 1 aliphatic heterocycles. The molecule has 4 heteroatoms. The van der Waals surface area contributed by atoms with Crippen LogP contribution in [0.4, 0.5) is 0 Å². The second kappa shape index (κ2) is 10.3. The zero-order chi connectivity index (χ0) is 17.2. The fraction of sp³-hybridized carbons (Fsp3) is 0.650. The van der Waals surface area contributed by atoms with E-state index in [-0.39, 0.29) is 0 Å². The van der Waals surface area contributed by atoms with Crippen molar-refractivity contribution in [3.63, 3.8) is 0 Å². The topological polar surface area (TPSA) is 39.7 Å². The average molecular weight is 331 g/mol. The Hall–Kier alpha value is -1.55. The van der Waals surface area contributed by atoms with Crippen molar-refractivity contribution < 1.29 is 0 Å². The van der Waals surface area contributed by atoms with Crippen molar-refractivity contribution in [3.8, 4) is 0 Å². The smallest absolute Gasteiger partial charge is 0.191 e. The van der Waals surface area contributed by atoms with Crippen LogP contribution in [-0.2, 0) is 6.54 Å². The number of aliphatic imine (C=N–C) groups is 1. The highest BCUT2D eigenvalue weighted by molar-refractivity contribution is 5.79. The monoisotopic (exact) mass is 330 g/mol. The van der Waals surface area contributed by atoms with E-state index in [2.05, 4.69) is 64.7 Å². The molecule has 0 aromatic heterocycles. The van der Waals surface area contributed by atoms with Crippen LogP contribution in [0.2, 0.25) is 0 Å².